The van der Waals surface area contributed by atoms with Crippen molar-refractivity contribution in [1.82, 2.24) is 20.1 Å². The summed E-state index contributed by atoms with van der Waals surface area (Å²) in [6.45, 7) is 3.99. The van der Waals surface area contributed by atoms with Gasteiger partial charge in [0.2, 0.25) is 0 Å². The first-order valence-electron chi connectivity index (χ1n) is 11.2. The van der Waals surface area contributed by atoms with Gasteiger partial charge in [-0.3, -0.25) is 9.89 Å². The van der Waals surface area contributed by atoms with E-state index in [1.807, 2.05) is 48.2 Å². The molecule has 7 heteroatoms. The van der Waals surface area contributed by atoms with Gasteiger partial charge in [-0.1, -0.05) is 42.5 Å². The van der Waals surface area contributed by atoms with E-state index in [2.05, 4.69) is 39.8 Å². The van der Waals surface area contributed by atoms with Crippen LogP contribution in [-0.2, 0) is 6.54 Å². The van der Waals surface area contributed by atoms with E-state index in [4.69, 9.17) is 9.72 Å². The number of likely N-dealkylation sites (tertiary alicyclic amines) is 1. The SMILES string of the molecule is COc1c(C)cccc1C(=O)N1CC[C@@H](c2ccc3c(NCc4ccccc4)n[nH]c3n2)C1. The number of aromatic amines is 1. The monoisotopic (exact) mass is 441 g/mol. The van der Waals surface area contributed by atoms with Crippen LogP contribution in [0.5, 0.6) is 5.75 Å². The third-order valence-corrected chi connectivity index (χ3v) is 6.29. The number of anilines is 1. The number of para-hydroxylation sites is 1. The Morgan fingerprint density at radius 1 is 1.15 bits per heavy atom. The fourth-order valence-electron chi connectivity index (χ4n) is 4.51. The number of amides is 1. The number of nitrogens with one attached hydrogen (secondary N) is 2. The Bertz CT molecular complexity index is 1280. The molecule has 4 aromatic rings. The van der Waals surface area contributed by atoms with E-state index < -0.39 is 0 Å². The number of ether oxygens (including phenoxy) is 1. The number of methoxy groups -OCH3 is 1. The van der Waals surface area contributed by atoms with Gasteiger partial charge in [-0.05, 0) is 42.7 Å². The van der Waals surface area contributed by atoms with Crippen LogP contribution in [0.1, 0.15) is 39.5 Å². The van der Waals surface area contributed by atoms with Crippen LogP contribution < -0.4 is 10.1 Å². The molecule has 2 aromatic carbocycles. The van der Waals surface area contributed by atoms with Gasteiger partial charge >= 0.3 is 0 Å². The number of aryl methyl sites for hydroxylation is 1. The summed E-state index contributed by atoms with van der Waals surface area (Å²) in [5.41, 5.74) is 4.51. The predicted molar refractivity (Wildman–Crippen MR) is 129 cm³/mol. The molecule has 0 aliphatic carbocycles. The maximum Gasteiger partial charge on any atom is 0.257 e. The first-order chi connectivity index (χ1) is 16.1. The standard InChI is InChI=1S/C26H27N5O2/c1-17-7-6-10-20(23(17)33-2)26(32)31-14-13-19(16-31)22-12-11-21-24(29-30-25(21)28-22)27-15-18-8-4-3-5-9-18/h3-12,19H,13-16H2,1-2H3,(H2,27,28,29,30)/t19-/m1/s1. The minimum atomic E-state index is 0.00747. The lowest BCUT2D eigenvalue weighted by Crippen LogP contribution is -2.29. The van der Waals surface area contributed by atoms with Crippen LogP contribution in [-0.4, -0.2) is 46.2 Å². The Kier molecular flexibility index (Phi) is 5.69. The minimum absolute atomic E-state index is 0.00747. The zero-order valence-electron chi connectivity index (χ0n) is 18.8. The maximum absolute atomic E-state index is 13.2. The number of aromatic nitrogens is 3. The molecule has 0 saturated carbocycles. The summed E-state index contributed by atoms with van der Waals surface area (Å²) in [6, 6.07) is 20.0. The van der Waals surface area contributed by atoms with Crippen LogP contribution in [0.15, 0.2) is 60.7 Å². The first kappa shape index (κ1) is 21.0. The second-order valence-electron chi connectivity index (χ2n) is 8.44. The van der Waals surface area contributed by atoms with Gasteiger partial charge in [0.15, 0.2) is 11.5 Å². The van der Waals surface area contributed by atoms with Crippen molar-refractivity contribution in [2.45, 2.75) is 25.8 Å². The highest BCUT2D eigenvalue weighted by molar-refractivity contribution is 5.97. The second kappa shape index (κ2) is 8.94. The fraction of sp³-hybridized carbons (Fsp3) is 0.269. The summed E-state index contributed by atoms with van der Waals surface area (Å²) >= 11 is 0. The molecule has 2 N–H and O–H groups in total. The number of pyridine rings is 1. The van der Waals surface area contributed by atoms with Crippen molar-refractivity contribution in [3.63, 3.8) is 0 Å². The zero-order chi connectivity index (χ0) is 22.8. The van der Waals surface area contributed by atoms with Gasteiger partial charge in [-0.25, -0.2) is 4.98 Å². The number of fused-ring (bicyclic) bond motifs is 1. The molecule has 0 spiro atoms. The van der Waals surface area contributed by atoms with Crippen molar-refractivity contribution in [2.75, 3.05) is 25.5 Å². The van der Waals surface area contributed by atoms with Gasteiger partial charge in [0.05, 0.1) is 18.1 Å². The van der Waals surface area contributed by atoms with Crippen LogP contribution in [0.25, 0.3) is 11.0 Å². The Labute approximate surface area is 192 Å². The molecular formula is C26H27N5O2. The third-order valence-electron chi connectivity index (χ3n) is 6.29. The van der Waals surface area contributed by atoms with Crippen molar-refractivity contribution < 1.29 is 9.53 Å². The van der Waals surface area contributed by atoms with Gasteiger partial charge < -0.3 is 15.0 Å². The Balaban J connectivity index is 1.29. The third kappa shape index (κ3) is 4.14. The summed E-state index contributed by atoms with van der Waals surface area (Å²) in [4.78, 5) is 19.9. The Morgan fingerprint density at radius 3 is 2.82 bits per heavy atom. The Morgan fingerprint density at radius 2 is 2.00 bits per heavy atom. The number of nitrogens with zero attached hydrogens (tertiary/aromatic N) is 3. The number of carbonyl (C=O) groups is 1. The average molecular weight is 442 g/mol. The molecule has 3 heterocycles. The van der Waals surface area contributed by atoms with Crippen molar-refractivity contribution in [3.8, 4) is 5.75 Å². The van der Waals surface area contributed by atoms with Crippen molar-refractivity contribution in [1.29, 1.82) is 0 Å². The number of H-pyrrole nitrogens is 1. The van der Waals surface area contributed by atoms with E-state index >= 15 is 0 Å². The van der Waals surface area contributed by atoms with Crippen LogP contribution in [0.4, 0.5) is 5.82 Å². The minimum Gasteiger partial charge on any atom is -0.496 e. The molecule has 7 nitrogen and oxygen atoms in total. The van der Waals surface area contributed by atoms with Gasteiger partial charge in [0, 0.05) is 31.2 Å². The van der Waals surface area contributed by atoms with E-state index in [-0.39, 0.29) is 11.8 Å². The molecule has 5 rings (SSSR count). The van der Waals surface area contributed by atoms with Crippen molar-refractivity contribution >= 4 is 22.8 Å². The van der Waals surface area contributed by atoms with Gasteiger partial charge in [-0.15, -0.1) is 0 Å². The lowest BCUT2D eigenvalue weighted by Gasteiger charge is -2.19. The molecule has 1 aliphatic heterocycles. The highest BCUT2D eigenvalue weighted by atomic mass is 16.5. The first-order valence-corrected chi connectivity index (χ1v) is 11.2. The molecule has 0 unspecified atom stereocenters. The van der Waals surface area contributed by atoms with E-state index in [0.29, 0.717) is 30.9 Å². The molecule has 1 aliphatic rings. The second-order valence-corrected chi connectivity index (χ2v) is 8.44. The molecule has 168 valence electrons. The molecular weight excluding hydrogens is 414 g/mol. The highest BCUT2D eigenvalue weighted by Crippen LogP contribution is 2.31. The summed E-state index contributed by atoms with van der Waals surface area (Å²) in [5.74, 6) is 1.65. The number of benzene rings is 2. The van der Waals surface area contributed by atoms with E-state index in [1.165, 1.54) is 5.56 Å². The van der Waals surface area contributed by atoms with Gasteiger partial charge in [0.25, 0.3) is 5.91 Å². The molecule has 1 saturated heterocycles. The van der Waals surface area contributed by atoms with Crippen LogP contribution in [0.3, 0.4) is 0 Å². The molecule has 2 aromatic heterocycles. The highest BCUT2D eigenvalue weighted by Gasteiger charge is 2.30. The molecule has 1 fully saturated rings. The number of carbonyl (C=O) groups excluding carboxylic acids is 1. The number of hydrogen-bond acceptors (Lipinski definition) is 5. The molecule has 0 bridgehead atoms. The molecule has 1 atom stereocenters. The topological polar surface area (TPSA) is 83.1 Å². The van der Waals surface area contributed by atoms with Gasteiger partial charge in [-0.2, -0.15) is 5.10 Å². The van der Waals surface area contributed by atoms with Crippen molar-refractivity contribution in [3.05, 3.63) is 83.0 Å². The zero-order valence-corrected chi connectivity index (χ0v) is 18.8. The van der Waals surface area contributed by atoms with E-state index in [0.717, 1.165) is 34.5 Å². The normalized spacial score (nSPS) is 15.7. The van der Waals surface area contributed by atoms with E-state index in [9.17, 15) is 4.79 Å². The van der Waals surface area contributed by atoms with E-state index in [1.54, 1.807) is 7.11 Å². The largest absolute Gasteiger partial charge is 0.496 e. The van der Waals surface area contributed by atoms with Crippen LogP contribution in [0.2, 0.25) is 0 Å². The quantitative estimate of drug-likeness (QED) is 0.460. The molecule has 0 radical (unpaired) electrons. The summed E-state index contributed by atoms with van der Waals surface area (Å²) in [7, 11) is 1.61. The lowest BCUT2D eigenvalue weighted by molar-refractivity contribution is 0.0787. The van der Waals surface area contributed by atoms with Crippen LogP contribution in [0, 0.1) is 6.92 Å². The summed E-state index contributed by atoms with van der Waals surface area (Å²) < 4.78 is 5.49. The molecule has 33 heavy (non-hydrogen) atoms. The molecule has 1 amide bonds. The van der Waals surface area contributed by atoms with Crippen LogP contribution >= 0.6 is 0 Å². The fourth-order valence-corrected chi connectivity index (χ4v) is 4.51. The Hall–Kier alpha value is -3.87. The predicted octanol–water partition coefficient (Wildman–Crippen LogP) is 4.52. The lowest BCUT2D eigenvalue weighted by atomic mass is 10.0. The number of hydrogen-bond donors (Lipinski definition) is 2. The van der Waals surface area contributed by atoms with Gasteiger partial charge in [0.1, 0.15) is 5.75 Å². The van der Waals surface area contributed by atoms with Crippen molar-refractivity contribution in [2.24, 2.45) is 0 Å². The summed E-state index contributed by atoms with van der Waals surface area (Å²) in [6.07, 6.45) is 0.881. The maximum atomic E-state index is 13.2. The average Bonchev–Trinajstić information content (AvgIpc) is 3.50. The number of rotatable bonds is 6. The summed E-state index contributed by atoms with van der Waals surface area (Å²) in [5, 5.41) is 11.8. The smallest absolute Gasteiger partial charge is 0.257 e.